The van der Waals surface area contributed by atoms with Crippen molar-refractivity contribution in [3.8, 4) is 11.8 Å². The van der Waals surface area contributed by atoms with Gasteiger partial charge in [-0.25, -0.2) is 4.98 Å². The zero-order chi connectivity index (χ0) is 17.1. The third kappa shape index (κ3) is 3.27. The molecule has 0 saturated carbocycles. The number of hydrogen-bond donors (Lipinski definition) is 1. The van der Waals surface area contributed by atoms with Crippen LogP contribution < -0.4 is 10.1 Å². The molecule has 0 spiro atoms. The second-order valence-corrected chi connectivity index (χ2v) is 5.92. The third-order valence-electron chi connectivity index (χ3n) is 3.78. The molecule has 0 fully saturated rings. The number of hydrogen-bond acceptors (Lipinski definition) is 4. The maximum atomic E-state index is 9.18. The SMILES string of the molecule is COc1ccc(CNc2cc(C#N)nc3ccc(C)cc23)cc1Cl. The van der Waals surface area contributed by atoms with Gasteiger partial charge in [-0.1, -0.05) is 29.3 Å². The molecule has 0 aliphatic carbocycles. The summed E-state index contributed by atoms with van der Waals surface area (Å²) in [6.07, 6.45) is 0. The van der Waals surface area contributed by atoms with Crippen LogP contribution >= 0.6 is 11.6 Å². The maximum absolute atomic E-state index is 9.18. The topological polar surface area (TPSA) is 57.9 Å². The monoisotopic (exact) mass is 337 g/mol. The molecule has 4 nitrogen and oxygen atoms in total. The first-order chi connectivity index (χ1) is 11.6. The van der Waals surface area contributed by atoms with Gasteiger partial charge in [-0.2, -0.15) is 5.26 Å². The second kappa shape index (κ2) is 6.77. The van der Waals surface area contributed by atoms with Crippen molar-refractivity contribution in [2.75, 3.05) is 12.4 Å². The molecule has 3 rings (SSSR count). The largest absolute Gasteiger partial charge is 0.495 e. The average molecular weight is 338 g/mol. The van der Waals surface area contributed by atoms with Gasteiger partial charge < -0.3 is 10.1 Å². The zero-order valence-corrected chi connectivity index (χ0v) is 14.2. The number of nitrogens with zero attached hydrogens (tertiary/aromatic N) is 2. The fraction of sp³-hybridized carbons (Fsp3) is 0.158. The van der Waals surface area contributed by atoms with Crippen molar-refractivity contribution in [3.63, 3.8) is 0 Å². The van der Waals surface area contributed by atoms with Crippen molar-refractivity contribution in [2.24, 2.45) is 0 Å². The van der Waals surface area contributed by atoms with Crippen LogP contribution in [0.1, 0.15) is 16.8 Å². The highest BCUT2D eigenvalue weighted by molar-refractivity contribution is 6.32. The van der Waals surface area contributed by atoms with Gasteiger partial charge >= 0.3 is 0 Å². The van der Waals surface area contributed by atoms with E-state index in [4.69, 9.17) is 16.3 Å². The number of ether oxygens (including phenoxy) is 1. The molecule has 0 atom stereocenters. The van der Waals surface area contributed by atoms with E-state index in [0.29, 0.717) is 23.0 Å². The van der Waals surface area contributed by atoms with Gasteiger partial charge in [0.1, 0.15) is 17.5 Å². The van der Waals surface area contributed by atoms with Gasteiger partial charge in [0.2, 0.25) is 0 Å². The number of halogens is 1. The van der Waals surface area contributed by atoms with Gasteiger partial charge in [0, 0.05) is 17.6 Å². The number of fused-ring (bicyclic) bond motifs is 1. The molecule has 0 aliphatic heterocycles. The molecular weight excluding hydrogens is 322 g/mol. The van der Waals surface area contributed by atoms with Crippen LogP contribution in [-0.2, 0) is 6.54 Å². The van der Waals surface area contributed by atoms with E-state index in [9.17, 15) is 5.26 Å². The molecule has 0 saturated heterocycles. The predicted molar refractivity (Wildman–Crippen MR) is 96.5 cm³/mol. The molecule has 120 valence electrons. The molecule has 0 amide bonds. The molecule has 0 radical (unpaired) electrons. The number of nitriles is 1. The summed E-state index contributed by atoms with van der Waals surface area (Å²) in [5, 5.41) is 14.1. The Hall–Kier alpha value is -2.77. The fourth-order valence-corrected chi connectivity index (χ4v) is 2.84. The Morgan fingerprint density at radius 2 is 2.04 bits per heavy atom. The predicted octanol–water partition coefficient (Wildman–Crippen LogP) is 4.69. The summed E-state index contributed by atoms with van der Waals surface area (Å²) in [6, 6.07) is 15.5. The summed E-state index contributed by atoms with van der Waals surface area (Å²) < 4.78 is 5.17. The number of rotatable bonds is 4. The Labute approximate surface area is 145 Å². The first-order valence-electron chi connectivity index (χ1n) is 7.48. The van der Waals surface area contributed by atoms with Crippen molar-refractivity contribution >= 4 is 28.2 Å². The van der Waals surface area contributed by atoms with Gasteiger partial charge in [-0.15, -0.1) is 0 Å². The number of aryl methyl sites for hydroxylation is 1. The van der Waals surface area contributed by atoms with Crippen LogP contribution in [0.4, 0.5) is 5.69 Å². The van der Waals surface area contributed by atoms with Crippen molar-refractivity contribution in [1.82, 2.24) is 4.98 Å². The van der Waals surface area contributed by atoms with Crippen molar-refractivity contribution in [2.45, 2.75) is 13.5 Å². The van der Waals surface area contributed by atoms with E-state index in [1.807, 2.05) is 37.3 Å². The Balaban J connectivity index is 1.93. The van der Waals surface area contributed by atoms with Gasteiger partial charge in [0.15, 0.2) is 0 Å². The lowest BCUT2D eigenvalue weighted by Gasteiger charge is -2.12. The number of aromatic nitrogens is 1. The number of benzene rings is 2. The lowest BCUT2D eigenvalue weighted by molar-refractivity contribution is 0.415. The van der Waals surface area contributed by atoms with Gasteiger partial charge in [-0.3, -0.25) is 0 Å². The normalized spacial score (nSPS) is 10.4. The molecule has 1 N–H and O–H groups in total. The first kappa shape index (κ1) is 16.1. The van der Waals surface area contributed by atoms with Crippen LogP contribution in [0.5, 0.6) is 5.75 Å². The van der Waals surface area contributed by atoms with Crippen LogP contribution in [-0.4, -0.2) is 12.1 Å². The minimum absolute atomic E-state index is 0.390. The van der Waals surface area contributed by atoms with Crippen LogP contribution in [0.3, 0.4) is 0 Å². The maximum Gasteiger partial charge on any atom is 0.143 e. The smallest absolute Gasteiger partial charge is 0.143 e. The molecule has 1 aromatic heterocycles. The molecule has 0 unspecified atom stereocenters. The molecule has 3 aromatic rings. The first-order valence-corrected chi connectivity index (χ1v) is 7.86. The highest BCUT2D eigenvalue weighted by Gasteiger charge is 2.07. The van der Waals surface area contributed by atoms with E-state index in [2.05, 4.69) is 22.4 Å². The highest BCUT2D eigenvalue weighted by atomic mass is 35.5. The Bertz CT molecular complexity index is 947. The van der Waals surface area contributed by atoms with Crippen LogP contribution in [0, 0.1) is 18.3 Å². The summed E-state index contributed by atoms with van der Waals surface area (Å²) in [7, 11) is 1.59. The molecule has 1 heterocycles. The minimum Gasteiger partial charge on any atom is -0.495 e. The van der Waals surface area contributed by atoms with E-state index in [1.54, 1.807) is 13.2 Å². The summed E-state index contributed by atoms with van der Waals surface area (Å²) in [4.78, 5) is 4.35. The molecule has 0 aliphatic rings. The fourth-order valence-electron chi connectivity index (χ4n) is 2.56. The highest BCUT2D eigenvalue weighted by Crippen LogP contribution is 2.27. The summed E-state index contributed by atoms with van der Waals surface area (Å²) >= 11 is 6.17. The molecule has 24 heavy (non-hydrogen) atoms. The Kier molecular flexibility index (Phi) is 4.54. The lowest BCUT2D eigenvalue weighted by Crippen LogP contribution is -2.02. The average Bonchev–Trinajstić information content (AvgIpc) is 2.59. The Morgan fingerprint density at radius 3 is 2.75 bits per heavy atom. The quantitative estimate of drug-likeness (QED) is 0.750. The molecular formula is C19H16ClN3O. The number of methoxy groups -OCH3 is 1. The lowest BCUT2D eigenvalue weighted by atomic mass is 10.1. The van der Waals surface area contributed by atoms with E-state index < -0.39 is 0 Å². The summed E-state index contributed by atoms with van der Waals surface area (Å²) in [5.41, 5.74) is 4.24. The molecule has 2 aromatic carbocycles. The van der Waals surface area contributed by atoms with E-state index >= 15 is 0 Å². The summed E-state index contributed by atoms with van der Waals surface area (Å²) in [5.74, 6) is 0.650. The van der Waals surface area contributed by atoms with E-state index in [-0.39, 0.29) is 0 Å². The van der Waals surface area contributed by atoms with Crippen LogP contribution in [0.15, 0.2) is 42.5 Å². The van der Waals surface area contributed by atoms with E-state index in [1.165, 1.54) is 0 Å². The second-order valence-electron chi connectivity index (χ2n) is 5.51. The summed E-state index contributed by atoms with van der Waals surface area (Å²) in [6.45, 7) is 2.62. The van der Waals surface area contributed by atoms with Crippen LogP contribution in [0.25, 0.3) is 10.9 Å². The van der Waals surface area contributed by atoms with Crippen molar-refractivity contribution in [3.05, 3.63) is 64.3 Å². The third-order valence-corrected chi connectivity index (χ3v) is 4.07. The molecule has 0 bridgehead atoms. The van der Waals surface area contributed by atoms with Crippen LogP contribution in [0.2, 0.25) is 5.02 Å². The van der Waals surface area contributed by atoms with E-state index in [0.717, 1.165) is 27.7 Å². The molecule has 5 heteroatoms. The number of pyridine rings is 1. The minimum atomic E-state index is 0.390. The van der Waals surface area contributed by atoms with Crippen molar-refractivity contribution in [1.29, 1.82) is 5.26 Å². The number of anilines is 1. The van der Waals surface area contributed by atoms with Gasteiger partial charge in [0.25, 0.3) is 0 Å². The number of nitrogens with one attached hydrogen (secondary N) is 1. The van der Waals surface area contributed by atoms with Gasteiger partial charge in [0.05, 0.1) is 17.6 Å². The standard InChI is InChI=1S/C19H16ClN3O/c1-12-3-5-17-15(7-12)18(9-14(10-21)23-17)22-11-13-4-6-19(24-2)16(20)8-13/h3-9H,11H2,1-2H3,(H,22,23). The van der Waals surface area contributed by atoms with Crippen molar-refractivity contribution < 1.29 is 4.74 Å². The zero-order valence-electron chi connectivity index (χ0n) is 13.4. The van der Waals surface area contributed by atoms with Gasteiger partial charge in [-0.05, 0) is 42.8 Å². The Morgan fingerprint density at radius 1 is 1.21 bits per heavy atom.